The van der Waals surface area contributed by atoms with E-state index in [2.05, 4.69) is 25.1 Å². The van der Waals surface area contributed by atoms with Gasteiger partial charge in [-0.25, -0.2) is 0 Å². The lowest BCUT2D eigenvalue weighted by atomic mass is 9.86. The Hall–Kier alpha value is -1.78. The molecule has 20 heavy (non-hydrogen) atoms. The molecule has 1 aliphatic rings. The highest BCUT2D eigenvalue weighted by Gasteiger charge is 2.39. The van der Waals surface area contributed by atoms with Gasteiger partial charge in [-0.2, -0.15) is 0 Å². The van der Waals surface area contributed by atoms with Gasteiger partial charge in [-0.15, -0.1) is 4.91 Å². The minimum Gasteiger partial charge on any atom is -0.259 e. The van der Waals surface area contributed by atoms with Gasteiger partial charge in [0.15, 0.2) is 5.54 Å². The van der Waals surface area contributed by atoms with Gasteiger partial charge < -0.3 is 0 Å². The van der Waals surface area contributed by atoms with Crippen LogP contribution in [0.4, 0.5) is 0 Å². The fourth-order valence-electron chi connectivity index (χ4n) is 2.13. The first kappa shape index (κ1) is 16.3. The summed E-state index contributed by atoms with van der Waals surface area (Å²) in [6.07, 6.45) is 9.01. The summed E-state index contributed by atoms with van der Waals surface area (Å²) >= 11 is 0. The van der Waals surface area contributed by atoms with Crippen LogP contribution in [0.2, 0.25) is 0 Å². The molecule has 5 nitrogen and oxygen atoms in total. The van der Waals surface area contributed by atoms with Gasteiger partial charge in [-0.05, 0) is 38.2 Å². The maximum absolute atomic E-state index is 11.2. The highest BCUT2D eigenvalue weighted by Crippen LogP contribution is 2.31. The third-order valence-corrected chi connectivity index (χ3v) is 3.63. The van der Waals surface area contributed by atoms with Crippen LogP contribution >= 0.6 is 0 Å². The van der Waals surface area contributed by atoms with Gasteiger partial charge in [-0.3, -0.25) is 10.1 Å². The molecule has 0 spiro atoms. The molecular formula is C15H22N2O3. The van der Waals surface area contributed by atoms with E-state index in [0.717, 1.165) is 12.0 Å². The predicted octanol–water partition coefficient (Wildman–Crippen LogP) is 4.38. The molecule has 0 unspecified atom stereocenters. The van der Waals surface area contributed by atoms with Crippen molar-refractivity contribution in [1.82, 2.24) is 0 Å². The van der Waals surface area contributed by atoms with E-state index < -0.39 is 10.5 Å². The Bertz CT molecular complexity index is 489. The van der Waals surface area contributed by atoms with Crippen LogP contribution in [0.15, 0.2) is 40.8 Å². The highest BCUT2D eigenvalue weighted by molar-refractivity contribution is 5.19. The predicted molar refractivity (Wildman–Crippen MR) is 79.8 cm³/mol. The summed E-state index contributed by atoms with van der Waals surface area (Å²) in [5, 5.41) is 14.2. The first-order valence-corrected chi connectivity index (χ1v) is 6.73. The second kappa shape index (κ2) is 6.11. The van der Waals surface area contributed by atoms with Crippen LogP contribution in [-0.2, 0) is 0 Å². The average molecular weight is 278 g/mol. The standard InChI is InChI=1S/C15H22N2O3/c1-12-6-7-13(17(19)20)15(4,16-18)10-5-9-14(2,3)11-8-12/h5,7-9H,6,10-11H2,1-4H3/b9-5+,12-8+,13-7+/t15-/m0/s1. The first-order valence-electron chi connectivity index (χ1n) is 6.73. The van der Waals surface area contributed by atoms with E-state index in [0.29, 0.717) is 6.42 Å². The molecule has 0 fully saturated rings. The van der Waals surface area contributed by atoms with Crippen molar-refractivity contribution >= 4 is 0 Å². The smallest absolute Gasteiger partial charge is 0.259 e. The normalized spacial score (nSPS) is 33.8. The molecular weight excluding hydrogens is 256 g/mol. The number of nitrogens with zero attached hydrogens (tertiary/aromatic N) is 2. The van der Waals surface area contributed by atoms with Gasteiger partial charge in [-0.1, -0.05) is 42.8 Å². The van der Waals surface area contributed by atoms with Crippen molar-refractivity contribution < 1.29 is 4.92 Å². The Morgan fingerprint density at radius 1 is 1.25 bits per heavy atom. The van der Waals surface area contributed by atoms with Gasteiger partial charge in [0.05, 0.1) is 4.92 Å². The number of hydrogen-bond acceptors (Lipinski definition) is 4. The Kier molecular flexibility index (Phi) is 4.98. The molecule has 1 rings (SSSR count). The van der Waals surface area contributed by atoms with E-state index in [9.17, 15) is 15.0 Å². The molecule has 0 heterocycles. The maximum Gasteiger partial charge on any atom is 0.273 e. The summed E-state index contributed by atoms with van der Waals surface area (Å²) in [5.41, 5.74) is -0.421. The monoisotopic (exact) mass is 278 g/mol. The fourth-order valence-corrected chi connectivity index (χ4v) is 2.13. The van der Waals surface area contributed by atoms with Gasteiger partial charge in [0.2, 0.25) is 0 Å². The molecule has 0 aromatic rings. The van der Waals surface area contributed by atoms with Crippen molar-refractivity contribution in [2.24, 2.45) is 10.6 Å². The van der Waals surface area contributed by atoms with Crippen molar-refractivity contribution in [2.45, 2.75) is 52.5 Å². The molecule has 110 valence electrons. The maximum atomic E-state index is 11.2. The molecule has 0 N–H and O–H groups in total. The number of allylic oxidation sites excluding steroid dienone is 4. The Morgan fingerprint density at radius 3 is 2.45 bits per heavy atom. The zero-order valence-electron chi connectivity index (χ0n) is 12.5. The Labute approximate surface area is 119 Å². The molecule has 1 atom stereocenters. The van der Waals surface area contributed by atoms with Crippen molar-refractivity contribution in [3.8, 4) is 0 Å². The summed E-state index contributed by atoms with van der Waals surface area (Å²) in [7, 11) is 0. The SMILES string of the molecule is C/C1=C\CC(C)(C)/C=C/C[C@](C)(N=O)/C([N+](=O)[O-])=C\C1. The topological polar surface area (TPSA) is 72.6 Å². The lowest BCUT2D eigenvalue weighted by molar-refractivity contribution is -0.434. The van der Waals surface area contributed by atoms with Crippen LogP contribution in [-0.4, -0.2) is 10.5 Å². The third kappa shape index (κ3) is 4.11. The molecule has 0 aromatic carbocycles. The fraction of sp³-hybridized carbons (Fsp3) is 0.600. The molecule has 0 radical (unpaired) electrons. The molecule has 0 saturated carbocycles. The summed E-state index contributed by atoms with van der Waals surface area (Å²) in [5.74, 6) is 0. The molecule has 1 aliphatic carbocycles. The van der Waals surface area contributed by atoms with Crippen molar-refractivity contribution in [2.75, 3.05) is 0 Å². The molecule has 0 bridgehead atoms. The zero-order chi connectivity index (χ0) is 15.4. The Balaban J connectivity index is 3.27. The van der Waals surface area contributed by atoms with Crippen molar-refractivity contribution in [1.29, 1.82) is 0 Å². The van der Waals surface area contributed by atoms with Crippen LogP contribution < -0.4 is 0 Å². The largest absolute Gasteiger partial charge is 0.273 e. The van der Waals surface area contributed by atoms with E-state index >= 15 is 0 Å². The lowest BCUT2D eigenvalue weighted by Crippen LogP contribution is -2.28. The summed E-state index contributed by atoms with van der Waals surface area (Å²) in [4.78, 5) is 21.9. The van der Waals surface area contributed by atoms with Crippen molar-refractivity contribution in [3.63, 3.8) is 0 Å². The minimum absolute atomic E-state index is 0.0375. The quantitative estimate of drug-likeness (QED) is 0.325. The van der Waals surface area contributed by atoms with Crippen LogP contribution in [0.3, 0.4) is 0 Å². The minimum atomic E-state index is -1.32. The van der Waals surface area contributed by atoms with E-state index in [1.807, 2.05) is 19.1 Å². The molecule has 0 saturated heterocycles. The Morgan fingerprint density at radius 2 is 1.90 bits per heavy atom. The van der Waals surface area contributed by atoms with Crippen molar-refractivity contribution in [3.05, 3.63) is 50.6 Å². The number of nitro groups is 1. The van der Waals surface area contributed by atoms with Crippen LogP contribution in [0.1, 0.15) is 47.0 Å². The molecule has 5 heteroatoms. The van der Waals surface area contributed by atoms with Gasteiger partial charge in [0.25, 0.3) is 5.70 Å². The second-order valence-corrected chi connectivity index (χ2v) is 6.27. The zero-order valence-corrected chi connectivity index (χ0v) is 12.5. The summed E-state index contributed by atoms with van der Waals surface area (Å²) < 4.78 is 0. The average Bonchev–Trinajstić information content (AvgIpc) is 2.37. The number of hydrogen-bond donors (Lipinski definition) is 0. The van der Waals surface area contributed by atoms with E-state index in [1.54, 1.807) is 0 Å². The molecule has 0 aromatic heterocycles. The van der Waals surface area contributed by atoms with Gasteiger partial charge in [0, 0.05) is 6.42 Å². The summed E-state index contributed by atoms with van der Waals surface area (Å²) in [6.45, 7) is 7.65. The van der Waals surface area contributed by atoms with E-state index in [-0.39, 0.29) is 17.5 Å². The van der Waals surface area contributed by atoms with Crippen LogP contribution in [0.5, 0.6) is 0 Å². The van der Waals surface area contributed by atoms with Gasteiger partial charge >= 0.3 is 0 Å². The lowest BCUT2D eigenvalue weighted by Gasteiger charge is -2.19. The van der Waals surface area contributed by atoms with Gasteiger partial charge in [0.1, 0.15) is 0 Å². The first-order chi connectivity index (χ1) is 9.20. The molecule has 0 amide bonds. The summed E-state index contributed by atoms with van der Waals surface area (Å²) in [6, 6.07) is 0. The second-order valence-electron chi connectivity index (χ2n) is 6.27. The third-order valence-electron chi connectivity index (χ3n) is 3.63. The number of nitroso groups, excluding NO2 is 1. The van der Waals surface area contributed by atoms with E-state index in [1.165, 1.54) is 13.0 Å². The molecule has 0 aliphatic heterocycles. The van der Waals surface area contributed by atoms with Crippen LogP contribution in [0.25, 0.3) is 0 Å². The van der Waals surface area contributed by atoms with Crippen LogP contribution in [0, 0.1) is 20.4 Å². The number of rotatable bonds is 2. The van der Waals surface area contributed by atoms with E-state index in [4.69, 9.17) is 0 Å². The highest BCUT2D eigenvalue weighted by atomic mass is 16.6.